The van der Waals surface area contributed by atoms with Gasteiger partial charge in [0.15, 0.2) is 0 Å². The molecule has 0 saturated heterocycles. The molecule has 0 atom stereocenters. The summed E-state index contributed by atoms with van der Waals surface area (Å²) in [4.78, 5) is 0. The maximum atomic E-state index is 12.2. The smallest absolute Gasteiger partial charge is 0.248 e. The van der Waals surface area contributed by atoms with Gasteiger partial charge in [0.1, 0.15) is 0 Å². The number of aliphatic hydroxyl groups is 1. The lowest BCUT2D eigenvalue weighted by molar-refractivity contribution is -0.165. The number of hydrogen-bond donors (Lipinski definition) is 1. The van der Waals surface area contributed by atoms with Gasteiger partial charge in [-0.3, -0.25) is 0 Å². The Hall–Kier alpha value is -0.180. The minimum Gasteiger partial charge on any atom is -0.390 e. The van der Waals surface area contributed by atoms with E-state index in [1.54, 1.807) is 13.8 Å². The molecule has 1 saturated carbocycles. The Balaban J connectivity index is 2.40. The fraction of sp³-hybridized carbons (Fsp3) is 1.00. The van der Waals surface area contributed by atoms with Crippen LogP contribution in [0.3, 0.4) is 0 Å². The van der Waals surface area contributed by atoms with Crippen molar-refractivity contribution >= 4 is 0 Å². The summed E-state index contributed by atoms with van der Waals surface area (Å²) in [7, 11) is 0. The van der Waals surface area contributed by atoms with Crippen LogP contribution in [0, 0.1) is 5.92 Å². The zero-order valence-electron chi connectivity index (χ0n) is 6.19. The quantitative estimate of drug-likeness (QED) is 0.604. The van der Waals surface area contributed by atoms with Gasteiger partial charge in [-0.25, -0.2) is 8.78 Å². The minimum absolute atomic E-state index is 0.156. The van der Waals surface area contributed by atoms with Gasteiger partial charge < -0.3 is 5.11 Å². The van der Waals surface area contributed by atoms with Crippen molar-refractivity contribution in [2.45, 2.75) is 38.2 Å². The fourth-order valence-electron chi connectivity index (χ4n) is 1.16. The molecule has 1 nitrogen and oxygen atoms in total. The number of hydrogen-bond acceptors (Lipinski definition) is 1. The molecular weight excluding hydrogens is 138 g/mol. The molecule has 1 aliphatic carbocycles. The molecule has 0 aliphatic heterocycles. The van der Waals surface area contributed by atoms with Gasteiger partial charge in [-0.2, -0.15) is 0 Å². The van der Waals surface area contributed by atoms with Crippen LogP contribution in [0.1, 0.15) is 26.7 Å². The van der Waals surface area contributed by atoms with Crippen molar-refractivity contribution in [3.8, 4) is 0 Å². The topological polar surface area (TPSA) is 20.2 Å². The number of alkyl halides is 2. The molecule has 0 spiro atoms. The summed E-state index contributed by atoms with van der Waals surface area (Å²) >= 11 is 0. The highest BCUT2D eigenvalue weighted by atomic mass is 19.3. The molecule has 0 heterocycles. The van der Waals surface area contributed by atoms with E-state index in [1.165, 1.54) is 0 Å². The van der Waals surface area contributed by atoms with Crippen molar-refractivity contribution < 1.29 is 13.9 Å². The molecule has 3 heteroatoms. The average molecular weight is 150 g/mol. The van der Waals surface area contributed by atoms with Crippen LogP contribution in [0.15, 0.2) is 0 Å². The van der Waals surface area contributed by atoms with E-state index in [4.69, 9.17) is 0 Å². The highest BCUT2D eigenvalue weighted by Gasteiger charge is 2.50. The van der Waals surface area contributed by atoms with Gasteiger partial charge in [0.25, 0.3) is 0 Å². The monoisotopic (exact) mass is 150 g/mol. The third-order valence-electron chi connectivity index (χ3n) is 2.09. The number of rotatable bonds is 1. The Morgan fingerprint density at radius 2 is 1.80 bits per heavy atom. The third kappa shape index (κ3) is 1.45. The fourth-order valence-corrected chi connectivity index (χ4v) is 1.16. The molecule has 0 unspecified atom stereocenters. The predicted molar refractivity (Wildman–Crippen MR) is 34.0 cm³/mol. The largest absolute Gasteiger partial charge is 0.390 e. The zero-order valence-corrected chi connectivity index (χ0v) is 6.19. The molecule has 10 heavy (non-hydrogen) atoms. The van der Waals surface area contributed by atoms with Crippen molar-refractivity contribution in [1.82, 2.24) is 0 Å². The zero-order chi connectivity index (χ0) is 7.99. The van der Waals surface area contributed by atoms with Gasteiger partial charge in [-0.15, -0.1) is 0 Å². The maximum absolute atomic E-state index is 12.2. The summed E-state index contributed by atoms with van der Waals surface area (Å²) < 4.78 is 24.4. The summed E-state index contributed by atoms with van der Waals surface area (Å²) in [6.45, 7) is 3.15. The van der Waals surface area contributed by atoms with Gasteiger partial charge >= 0.3 is 0 Å². The van der Waals surface area contributed by atoms with E-state index >= 15 is 0 Å². The summed E-state index contributed by atoms with van der Waals surface area (Å²) in [6, 6.07) is 0. The Morgan fingerprint density at radius 1 is 1.40 bits per heavy atom. The van der Waals surface area contributed by atoms with E-state index in [1.807, 2.05) is 0 Å². The Kier molecular flexibility index (Phi) is 1.51. The van der Waals surface area contributed by atoms with Crippen molar-refractivity contribution in [3.63, 3.8) is 0 Å². The van der Waals surface area contributed by atoms with Crippen molar-refractivity contribution in [3.05, 3.63) is 0 Å². The highest BCUT2D eigenvalue weighted by Crippen LogP contribution is 2.47. The standard InChI is InChI=1S/C7H12F2O/c1-6(2,10)5-3-7(8,9)4-5/h5,10H,3-4H2,1-2H3. The van der Waals surface area contributed by atoms with Crippen LogP contribution in [0.5, 0.6) is 0 Å². The van der Waals surface area contributed by atoms with Crippen LogP contribution < -0.4 is 0 Å². The van der Waals surface area contributed by atoms with Crippen LogP contribution in [-0.4, -0.2) is 16.6 Å². The molecular formula is C7H12F2O. The molecule has 0 bridgehead atoms. The van der Waals surface area contributed by atoms with Crippen molar-refractivity contribution in [1.29, 1.82) is 0 Å². The highest BCUT2D eigenvalue weighted by molar-refractivity contribution is 4.94. The molecule has 60 valence electrons. The molecule has 0 aromatic carbocycles. The third-order valence-corrected chi connectivity index (χ3v) is 2.09. The average Bonchev–Trinajstić information content (AvgIpc) is 1.56. The molecule has 0 aromatic rings. The molecule has 1 aliphatic rings. The normalized spacial score (nSPS) is 26.1. The maximum Gasteiger partial charge on any atom is 0.248 e. The molecule has 0 aromatic heterocycles. The van der Waals surface area contributed by atoms with Crippen molar-refractivity contribution in [2.75, 3.05) is 0 Å². The predicted octanol–water partition coefficient (Wildman–Crippen LogP) is 1.80. The Labute approximate surface area is 59.0 Å². The second-order valence-corrected chi connectivity index (χ2v) is 3.61. The SMILES string of the molecule is CC(C)(O)C1CC(F)(F)C1. The van der Waals surface area contributed by atoms with Crippen LogP contribution in [0.25, 0.3) is 0 Å². The van der Waals surface area contributed by atoms with Crippen LogP contribution in [-0.2, 0) is 0 Å². The van der Waals surface area contributed by atoms with Gasteiger partial charge in [0.2, 0.25) is 5.92 Å². The van der Waals surface area contributed by atoms with Gasteiger partial charge in [0.05, 0.1) is 5.60 Å². The summed E-state index contributed by atoms with van der Waals surface area (Å²) in [5.41, 5.74) is -0.929. The number of halogens is 2. The van der Waals surface area contributed by atoms with Crippen LogP contribution >= 0.6 is 0 Å². The lowest BCUT2D eigenvalue weighted by Gasteiger charge is -2.42. The van der Waals surface area contributed by atoms with E-state index in [0.717, 1.165) is 0 Å². The van der Waals surface area contributed by atoms with Crippen molar-refractivity contribution in [2.24, 2.45) is 5.92 Å². The first-order chi connectivity index (χ1) is 4.31. The van der Waals surface area contributed by atoms with E-state index < -0.39 is 11.5 Å². The first kappa shape index (κ1) is 7.92. The minimum atomic E-state index is -2.51. The van der Waals surface area contributed by atoms with E-state index in [0.29, 0.717) is 0 Å². The van der Waals surface area contributed by atoms with E-state index in [9.17, 15) is 13.9 Å². The molecule has 0 radical (unpaired) electrons. The Morgan fingerprint density at radius 3 is 1.90 bits per heavy atom. The van der Waals surface area contributed by atoms with E-state index in [2.05, 4.69) is 0 Å². The van der Waals surface area contributed by atoms with E-state index in [-0.39, 0.29) is 18.8 Å². The summed E-state index contributed by atoms with van der Waals surface area (Å²) in [5, 5.41) is 9.24. The first-order valence-electron chi connectivity index (χ1n) is 3.41. The lowest BCUT2D eigenvalue weighted by Crippen LogP contribution is -2.46. The van der Waals surface area contributed by atoms with Crippen LogP contribution in [0.4, 0.5) is 8.78 Å². The summed E-state index contributed by atoms with van der Waals surface area (Å²) in [6.07, 6.45) is -0.312. The molecule has 1 rings (SSSR count). The van der Waals surface area contributed by atoms with Gasteiger partial charge in [-0.1, -0.05) is 0 Å². The first-order valence-corrected chi connectivity index (χ1v) is 3.41. The Bertz CT molecular complexity index is 129. The molecule has 1 N–H and O–H groups in total. The molecule has 1 fully saturated rings. The summed E-state index contributed by atoms with van der Waals surface area (Å²) in [5.74, 6) is -2.73. The molecule has 0 amide bonds. The van der Waals surface area contributed by atoms with Gasteiger partial charge in [0, 0.05) is 12.8 Å². The van der Waals surface area contributed by atoms with Crippen LogP contribution in [0.2, 0.25) is 0 Å². The van der Waals surface area contributed by atoms with Gasteiger partial charge in [-0.05, 0) is 19.8 Å². The second-order valence-electron chi connectivity index (χ2n) is 3.61. The lowest BCUT2D eigenvalue weighted by atomic mass is 9.72. The second kappa shape index (κ2) is 1.91.